The first-order chi connectivity index (χ1) is 8.36. The summed E-state index contributed by atoms with van der Waals surface area (Å²) in [5.74, 6) is 2.38. The van der Waals surface area contributed by atoms with Gasteiger partial charge in [0.05, 0.1) is 7.11 Å². The van der Waals surface area contributed by atoms with Crippen molar-refractivity contribution >= 4 is 5.82 Å². The van der Waals surface area contributed by atoms with E-state index in [1.165, 1.54) is 12.8 Å². The summed E-state index contributed by atoms with van der Waals surface area (Å²) in [7, 11) is 1.64. The molecule has 3 rings (SSSR count). The smallest absolute Gasteiger partial charge is 0.218 e. The second kappa shape index (κ2) is 4.49. The molecule has 1 aromatic heterocycles. The second-order valence-electron chi connectivity index (χ2n) is 4.79. The molecule has 3 heterocycles. The molecule has 92 valence electrons. The van der Waals surface area contributed by atoms with Crippen molar-refractivity contribution < 1.29 is 4.74 Å². The van der Waals surface area contributed by atoms with Crippen molar-refractivity contribution in [2.75, 3.05) is 31.6 Å². The molecule has 1 N–H and O–H groups in total. The second-order valence-corrected chi connectivity index (χ2v) is 4.79. The maximum absolute atomic E-state index is 5.14. The van der Waals surface area contributed by atoms with Gasteiger partial charge in [-0.1, -0.05) is 0 Å². The van der Waals surface area contributed by atoms with E-state index in [9.17, 15) is 0 Å². The number of hydrogen-bond acceptors (Lipinski definition) is 5. The standard InChI is InChI=1S/C12H18N4O/c1-17-12-5-11(14-8-15-12)16-6-9-3-2-4-13-10(9)7-16/h5,8-10,13H,2-4,6-7H2,1H3/t9-,10+/m0/s1. The summed E-state index contributed by atoms with van der Waals surface area (Å²) < 4.78 is 5.14. The van der Waals surface area contributed by atoms with Crippen LogP contribution in [0.25, 0.3) is 0 Å². The number of ether oxygens (including phenoxy) is 1. The van der Waals surface area contributed by atoms with Gasteiger partial charge in [-0.25, -0.2) is 9.97 Å². The van der Waals surface area contributed by atoms with Gasteiger partial charge < -0.3 is 15.0 Å². The molecule has 2 aliphatic rings. The minimum atomic E-state index is 0.629. The average molecular weight is 234 g/mol. The molecule has 5 nitrogen and oxygen atoms in total. The third-order valence-corrected chi connectivity index (χ3v) is 3.76. The van der Waals surface area contributed by atoms with E-state index in [0.29, 0.717) is 11.9 Å². The highest BCUT2D eigenvalue weighted by molar-refractivity contribution is 5.42. The predicted molar refractivity (Wildman–Crippen MR) is 65.3 cm³/mol. The molecule has 2 saturated heterocycles. The molecule has 0 unspecified atom stereocenters. The van der Waals surface area contributed by atoms with Gasteiger partial charge in [0.1, 0.15) is 12.1 Å². The van der Waals surface area contributed by atoms with Crippen LogP contribution >= 0.6 is 0 Å². The zero-order valence-corrected chi connectivity index (χ0v) is 10.1. The number of aromatic nitrogens is 2. The molecule has 2 atom stereocenters. The molecule has 0 amide bonds. The number of rotatable bonds is 2. The molecule has 0 aliphatic carbocycles. The van der Waals surface area contributed by atoms with Crippen LogP contribution in [0.3, 0.4) is 0 Å². The fraction of sp³-hybridized carbons (Fsp3) is 0.667. The largest absolute Gasteiger partial charge is 0.481 e. The minimum Gasteiger partial charge on any atom is -0.481 e. The van der Waals surface area contributed by atoms with Crippen molar-refractivity contribution in [1.29, 1.82) is 0 Å². The highest BCUT2D eigenvalue weighted by atomic mass is 16.5. The number of fused-ring (bicyclic) bond motifs is 1. The van der Waals surface area contributed by atoms with Crippen molar-refractivity contribution in [3.8, 4) is 5.88 Å². The Morgan fingerprint density at radius 1 is 1.41 bits per heavy atom. The van der Waals surface area contributed by atoms with E-state index in [4.69, 9.17) is 4.74 Å². The van der Waals surface area contributed by atoms with Gasteiger partial charge in [0.2, 0.25) is 5.88 Å². The Hall–Kier alpha value is -1.36. The van der Waals surface area contributed by atoms with Crippen molar-refractivity contribution in [3.05, 3.63) is 12.4 Å². The summed E-state index contributed by atoms with van der Waals surface area (Å²) >= 11 is 0. The SMILES string of the molecule is COc1cc(N2C[C@@H]3CCCN[C@@H]3C2)ncn1. The monoisotopic (exact) mass is 234 g/mol. The molecule has 2 fully saturated rings. The van der Waals surface area contributed by atoms with Crippen LogP contribution in [0.2, 0.25) is 0 Å². The van der Waals surface area contributed by atoms with Gasteiger partial charge in [0.25, 0.3) is 0 Å². The molecular formula is C12H18N4O. The Morgan fingerprint density at radius 2 is 2.35 bits per heavy atom. The lowest BCUT2D eigenvalue weighted by Crippen LogP contribution is -2.40. The van der Waals surface area contributed by atoms with Gasteiger partial charge >= 0.3 is 0 Å². The molecular weight excluding hydrogens is 216 g/mol. The molecule has 1 aromatic rings. The number of nitrogens with zero attached hydrogens (tertiary/aromatic N) is 3. The Labute approximate surface area is 101 Å². The molecule has 0 aromatic carbocycles. The Bertz CT molecular complexity index is 384. The summed E-state index contributed by atoms with van der Waals surface area (Å²) in [4.78, 5) is 10.7. The van der Waals surface area contributed by atoms with Crippen LogP contribution in [0, 0.1) is 5.92 Å². The lowest BCUT2D eigenvalue weighted by molar-refractivity contribution is 0.340. The number of methoxy groups -OCH3 is 1. The summed E-state index contributed by atoms with van der Waals surface area (Å²) in [6.45, 7) is 3.30. The quantitative estimate of drug-likeness (QED) is 0.815. The summed E-state index contributed by atoms with van der Waals surface area (Å²) in [5.41, 5.74) is 0. The van der Waals surface area contributed by atoms with E-state index in [-0.39, 0.29) is 0 Å². The van der Waals surface area contributed by atoms with E-state index in [0.717, 1.165) is 31.4 Å². The molecule has 0 radical (unpaired) electrons. The number of nitrogens with one attached hydrogen (secondary N) is 1. The molecule has 0 bridgehead atoms. The van der Waals surface area contributed by atoms with Crippen LogP contribution in [0.15, 0.2) is 12.4 Å². The number of piperidine rings is 1. The lowest BCUT2D eigenvalue weighted by Gasteiger charge is -2.24. The van der Waals surface area contributed by atoms with Crippen molar-refractivity contribution in [3.63, 3.8) is 0 Å². The Morgan fingerprint density at radius 3 is 3.18 bits per heavy atom. The highest BCUT2D eigenvalue weighted by Crippen LogP contribution is 2.28. The first kappa shape index (κ1) is 10.8. The molecule has 0 saturated carbocycles. The van der Waals surface area contributed by atoms with Crippen molar-refractivity contribution in [2.45, 2.75) is 18.9 Å². The van der Waals surface area contributed by atoms with E-state index in [1.54, 1.807) is 13.4 Å². The average Bonchev–Trinajstić information content (AvgIpc) is 2.82. The van der Waals surface area contributed by atoms with Crippen LogP contribution < -0.4 is 15.0 Å². The van der Waals surface area contributed by atoms with Crippen LogP contribution in [0.4, 0.5) is 5.82 Å². The topological polar surface area (TPSA) is 50.3 Å². The fourth-order valence-electron chi connectivity index (χ4n) is 2.85. The summed E-state index contributed by atoms with van der Waals surface area (Å²) in [6.07, 6.45) is 4.20. The zero-order valence-electron chi connectivity index (χ0n) is 10.1. The van der Waals surface area contributed by atoms with Gasteiger partial charge in [-0.3, -0.25) is 0 Å². The maximum atomic E-state index is 5.14. The molecule has 0 spiro atoms. The summed E-state index contributed by atoms with van der Waals surface area (Å²) in [5, 5.41) is 3.59. The molecule has 17 heavy (non-hydrogen) atoms. The third-order valence-electron chi connectivity index (χ3n) is 3.76. The first-order valence-corrected chi connectivity index (χ1v) is 6.21. The zero-order chi connectivity index (χ0) is 11.7. The van der Waals surface area contributed by atoms with E-state index >= 15 is 0 Å². The van der Waals surface area contributed by atoms with Crippen LogP contribution in [0.5, 0.6) is 5.88 Å². The van der Waals surface area contributed by atoms with Gasteiger partial charge in [0, 0.05) is 25.2 Å². The summed E-state index contributed by atoms with van der Waals surface area (Å²) in [6, 6.07) is 2.54. The first-order valence-electron chi connectivity index (χ1n) is 6.21. The van der Waals surface area contributed by atoms with E-state index in [2.05, 4.69) is 20.2 Å². The highest BCUT2D eigenvalue weighted by Gasteiger charge is 2.34. The van der Waals surface area contributed by atoms with Crippen LogP contribution in [-0.2, 0) is 0 Å². The Balaban J connectivity index is 1.76. The number of anilines is 1. The fourth-order valence-corrected chi connectivity index (χ4v) is 2.85. The van der Waals surface area contributed by atoms with Gasteiger partial charge in [-0.15, -0.1) is 0 Å². The normalized spacial score (nSPS) is 27.9. The van der Waals surface area contributed by atoms with Crippen LogP contribution in [-0.4, -0.2) is 42.8 Å². The predicted octanol–water partition coefficient (Wildman–Crippen LogP) is 0.673. The minimum absolute atomic E-state index is 0.629. The van der Waals surface area contributed by atoms with E-state index in [1.807, 2.05) is 6.07 Å². The van der Waals surface area contributed by atoms with Gasteiger partial charge in [-0.2, -0.15) is 0 Å². The van der Waals surface area contributed by atoms with Crippen molar-refractivity contribution in [2.24, 2.45) is 5.92 Å². The maximum Gasteiger partial charge on any atom is 0.218 e. The number of hydrogen-bond donors (Lipinski definition) is 1. The third kappa shape index (κ3) is 2.07. The molecule has 5 heteroatoms. The molecule has 2 aliphatic heterocycles. The lowest BCUT2D eigenvalue weighted by atomic mass is 9.94. The van der Waals surface area contributed by atoms with Gasteiger partial charge in [-0.05, 0) is 25.3 Å². The van der Waals surface area contributed by atoms with Gasteiger partial charge in [0.15, 0.2) is 0 Å². The van der Waals surface area contributed by atoms with Crippen molar-refractivity contribution in [1.82, 2.24) is 15.3 Å². The Kier molecular flexibility index (Phi) is 2.84. The van der Waals surface area contributed by atoms with Crippen LogP contribution in [0.1, 0.15) is 12.8 Å². The van der Waals surface area contributed by atoms with E-state index < -0.39 is 0 Å².